The lowest BCUT2D eigenvalue weighted by Crippen LogP contribution is -2.00. The molecule has 0 aromatic heterocycles. The standard InChI is InChI=1S/C17H18O3/c1-12-7-8-17(19-3)15(9-12)11-20-16-6-4-5-14(10-16)13(2)18/h4-10H,11H2,1-3H3. The summed E-state index contributed by atoms with van der Waals surface area (Å²) in [5.74, 6) is 1.52. The van der Waals surface area contributed by atoms with Crippen LogP contribution in [-0.2, 0) is 6.61 Å². The number of methoxy groups -OCH3 is 1. The molecule has 0 N–H and O–H groups in total. The number of Topliss-reactive ketones (excluding diaryl/α,β-unsaturated/α-hetero) is 1. The van der Waals surface area contributed by atoms with Crippen molar-refractivity contribution in [3.05, 3.63) is 59.2 Å². The van der Waals surface area contributed by atoms with Crippen LogP contribution in [-0.4, -0.2) is 12.9 Å². The average molecular weight is 270 g/mol. The van der Waals surface area contributed by atoms with Crippen LogP contribution in [0.15, 0.2) is 42.5 Å². The van der Waals surface area contributed by atoms with Crippen molar-refractivity contribution in [2.45, 2.75) is 20.5 Å². The lowest BCUT2D eigenvalue weighted by Gasteiger charge is -2.11. The molecule has 3 heteroatoms. The molecule has 0 aliphatic rings. The Labute approximate surface area is 119 Å². The van der Waals surface area contributed by atoms with Gasteiger partial charge in [0, 0.05) is 11.1 Å². The maximum Gasteiger partial charge on any atom is 0.159 e. The highest BCUT2D eigenvalue weighted by atomic mass is 16.5. The Bertz CT molecular complexity index is 617. The minimum Gasteiger partial charge on any atom is -0.496 e. The summed E-state index contributed by atoms with van der Waals surface area (Å²) in [6.45, 7) is 3.98. The number of ether oxygens (including phenoxy) is 2. The van der Waals surface area contributed by atoms with Gasteiger partial charge in [-0.15, -0.1) is 0 Å². The number of aryl methyl sites for hydroxylation is 1. The fraction of sp³-hybridized carbons (Fsp3) is 0.235. The van der Waals surface area contributed by atoms with Gasteiger partial charge in [0.15, 0.2) is 5.78 Å². The van der Waals surface area contributed by atoms with Crippen LogP contribution in [0.3, 0.4) is 0 Å². The molecule has 0 unspecified atom stereocenters. The molecule has 0 saturated heterocycles. The van der Waals surface area contributed by atoms with Crippen molar-refractivity contribution in [3.8, 4) is 11.5 Å². The van der Waals surface area contributed by atoms with Crippen molar-refractivity contribution in [2.24, 2.45) is 0 Å². The van der Waals surface area contributed by atoms with E-state index in [4.69, 9.17) is 9.47 Å². The molecule has 0 atom stereocenters. The van der Waals surface area contributed by atoms with E-state index in [1.165, 1.54) is 0 Å². The highest BCUT2D eigenvalue weighted by Gasteiger charge is 2.05. The zero-order valence-corrected chi connectivity index (χ0v) is 12.0. The Kier molecular flexibility index (Phi) is 4.41. The Morgan fingerprint density at radius 1 is 1.15 bits per heavy atom. The van der Waals surface area contributed by atoms with Crippen LogP contribution in [0.4, 0.5) is 0 Å². The van der Waals surface area contributed by atoms with Gasteiger partial charge >= 0.3 is 0 Å². The third kappa shape index (κ3) is 3.38. The largest absolute Gasteiger partial charge is 0.496 e. The second-order valence-electron chi connectivity index (χ2n) is 4.69. The summed E-state index contributed by atoms with van der Waals surface area (Å²) in [7, 11) is 1.64. The maximum atomic E-state index is 11.3. The van der Waals surface area contributed by atoms with E-state index in [1.54, 1.807) is 26.2 Å². The smallest absolute Gasteiger partial charge is 0.159 e. The SMILES string of the molecule is COc1ccc(C)cc1COc1cccc(C(C)=O)c1. The van der Waals surface area contributed by atoms with Crippen LogP contribution in [0.2, 0.25) is 0 Å². The highest BCUT2D eigenvalue weighted by Crippen LogP contribution is 2.22. The van der Waals surface area contributed by atoms with Gasteiger partial charge in [-0.1, -0.05) is 23.8 Å². The van der Waals surface area contributed by atoms with Gasteiger partial charge in [0.2, 0.25) is 0 Å². The van der Waals surface area contributed by atoms with Gasteiger partial charge in [-0.3, -0.25) is 4.79 Å². The molecule has 20 heavy (non-hydrogen) atoms. The maximum absolute atomic E-state index is 11.3. The molecule has 0 bridgehead atoms. The van der Waals surface area contributed by atoms with Gasteiger partial charge in [0.25, 0.3) is 0 Å². The van der Waals surface area contributed by atoms with Gasteiger partial charge in [0.1, 0.15) is 18.1 Å². The van der Waals surface area contributed by atoms with Crippen LogP contribution in [0.1, 0.15) is 28.4 Å². The normalized spacial score (nSPS) is 10.2. The van der Waals surface area contributed by atoms with Crippen LogP contribution >= 0.6 is 0 Å². The molecule has 0 saturated carbocycles. The Morgan fingerprint density at radius 3 is 2.65 bits per heavy atom. The van der Waals surface area contributed by atoms with Gasteiger partial charge in [-0.05, 0) is 38.1 Å². The topological polar surface area (TPSA) is 35.5 Å². The molecule has 0 fully saturated rings. The number of carbonyl (C=O) groups excluding carboxylic acids is 1. The van der Waals surface area contributed by atoms with Gasteiger partial charge in [-0.25, -0.2) is 0 Å². The van der Waals surface area contributed by atoms with E-state index in [-0.39, 0.29) is 5.78 Å². The highest BCUT2D eigenvalue weighted by molar-refractivity contribution is 5.94. The first kappa shape index (κ1) is 14.1. The predicted octanol–water partition coefficient (Wildman–Crippen LogP) is 3.79. The second kappa shape index (κ2) is 6.24. The molecular formula is C17H18O3. The molecule has 0 spiro atoms. The minimum absolute atomic E-state index is 0.0311. The number of hydrogen-bond donors (Lipinski definition) is 0. The van der Waals surface area contributed by atoms with Gasteiger partial charge in [0.05, 0.1) is 7.11 Å². The lowest BCUT2D eigenvalue weighted by atomic mass is 10.1. The molecule has 2 rings (SSSR count). The van der Waals surface area contributed by atoms with E-state index >= 15 is 0 Å². The summed E-state index contributed by atoms with van der Waals surface area (Å²) in [6, 6.07) is 13.2. The molecule has 3 nitrogen and oxygen atoms in total. The van der Waals surface area contributed by atoms with Crippen molar-refractivity contribution in [2.75, 3.05) is 7.11 Å². The fourth-order valence-electron chi connectivity index (χ4n) is 1.99. The van der Waals surface area contributed by atoms with E-state index in [0.717, 1.165) is 16.9 Å². The van der Waals surface area contributed by atoms with Crippen molar-refractivity contribution in [3.63, 3.8) is 0 Å². The van der Waals surface area contributed by atoms with E-state index in [1.807, 2.05) is 37.3 Å². The molecule has 0 heterocycles. The van der Waals surface area contributed by atoms with Crippen LogP contribution in [0.5, 0.6) is 11.5 Å². The monoisotopic (exact) mass is 270 g/mol. The van der Waals surface area contributed by atoms with E-state index in [0.29, 0.717) is 17.9 Å². The summed E-state index contributed by atoms with van der Waals surface area (Å²) < 4.78 is 11.1. The zero-order chi connectivity index (χ0) is 14.5. The quantitative estimate of drug-likeness (QED) is 0.775. The molecule has 0 aliphatic heterocycles. The average Bonchev–Trinajstić information content (AvgIpc) is 2.45. The number of rotatable bonds is 5. The third-order valence-corrected chi connectivity index (χ3v) is 3.07. The molecule has 0 aliphatic carbocycles. The summed E-state index contributed by atoms with van der Waals surface area (Å²) >= 11 is 0. The fourth-order valence-corrected chi connectivity index (χ4v) is 1.99. The molecule has 104 valence electrons. The van der Waals surface area contributed by atoms with Crippen LogP contribution in [0, 0.1) is 6.92 Å². The van der Waals surface area contributed by atoms with Crippen molar-refractivity contribution in [1.29, 1.82) is 0 Å². The van der Waals surface area contributed by atoms with E-state index in [9.17, 15) is 4.79 Å². The number of hydrogen-bond acceptors (Lipinski definition) is 3. The molecular weight excluding hydrogens is 252 g/mol. The lowest BCUT2D eigenvalue weighted by molar-refractivity contribution is 0.101. The summed E-state index contributed by atoms with van der Waals surface area (Å²) in [4.78, 5) is 11.3. The Hall–Kier alpha value is -2.29. The van der Waals surface area contributed by atoms with Gasteiger partial charge < -0.3 is 9.47 Å². The summed E-state index contributed by atoms with van der Waals surface area (Å²) in [5.41, 5.74) is 2.79. The summed E-state index contributed by atoms with van der Waals surface area (Å²) in [6.07, 6.45) is 0. The zero-order valence-electron chi connectivity index (χ0n) is 12.0. The van der Waals surface area contributed by atoms with Crippen molar-refractivity contribution >= 4 is 5.78 Å². The first-order chi connectivity index (χ1) is 9.60. The molecule has 2 aromatic carbocycles. The molecule has 0 radical (unpaired) electrons. The van der Waals surface area contributed by atoms with Crippen LogP contribution in [0.25, 0.3) is 0 Å². The van der Waals surface area contributed by atoms with Crippen molar-refractivity contribution in [1.82, 2.24) is 0 Å². The first-order valence-corrected chi connectivity index (χ1v) is 6.47. The molecule has 2 aromatic rings. The second-order valence-corrected chi connectivity index (χ2v) is 4.69. The van der Waals surface area contributed by atoms with E-state index in [2.05, 4.69) is 0 Å². The Balaban J connectivity index is 2.14. The first-order valence-electron chi connectivity index (χ1n) is 6.47. The van der Waals surface area contributed by atoms with Crippen molar-refractivity contribution < 1.29 is 14.3 Å². The Morgan fingerprint density at radius 2 is 1.95 bits per heavy atom. The van der Waals surface area contributed by atoms with E-state index < -0.39 is 0 Å². The van der Waals surface area contributed by atoms with Gasteiger partial charge in [-0.2, -0.15) is 0 Å². The minimum atomic E-state index is 0.0311. The predicted molar refractivity (Wildman–Crippen MR) is 78.5 cm³/mol. The summed E-state index contributed by atoms with van der Waals surface area (Å²) in [5, 5.41) is 0. The molecule has 0 amide bonds. The van der Waals surface area contributed by atoms with Crippen LogP contribution < -0.4 is 9.47 Å². The number of benzene rings is 2. The third-order valence-electron chi connectivity index (χ3n) is 3.07. The number of ketones is 1. The number of carbonyl (C=O) groups is 1.